The zero-order valence-corrected chi connectivity index (χ0v) is 15.5. The molecule has 0 amide bonds. The van der Waals surface area contributed by atoms with Crippen molar-refractivity contribution >= 4 is 26.0 Å². The van der Waals surface area contributed by atoms with Crippen molar-refractivity contribution in [2.24, 2.45) is 0 Å². The number of halogens is 1. The normalized spacial score (nSPS) is 13.1. The molecule has 0 radical (unpaired) electrons. The van der Waals surface area contributed by atoms with Gasteiger partial charge >= 0.3 is 0 Å². The fourth-order valence-corrected chi connectivity index (χ4v) is 4.65. The summed E-state index contributed by atoms with van der Waals surface area (Å²) in [7, 11) is -3.56. The maximum absolute atomic E-state index is 12.7. The molecule has 0 spiro atoms. The summed E-state index contributed by atoms with van der Waals surface area (Å²) in [5.74, 6) is 0. The molecule has 0 saturated heterocycles. The summed E-state index contributed by atoms with van der Waals surface area (Å²) < 4.78 is 29.2. The van der Waals surface area contributed by atoms with Crippen molar-refractivity contribution in [3.8, 4) is 0 Å². The van der Waals surface area contributed by atoms with E-state index in [0.29, 0.717) is 4.90 Å². The Bertz CT molecular complexity index is 760. The molecule has 1 N–H and O–H groups in total. The van der Waals surface area contributed by atoms with Crippen LogP contribution in [-0.4, -0.2) is 8.42 Å². The highest BCUT2D eigenvalue weighted by Crippen LogP contribution is 2.24. The van der Waals surface area contributed by atoms with Crippen LogP contribution >= 0.6 is 15.9 Å². The highest BCUT2D eigenvalue weighted by atomic mass is 79.9. The molecule has 0 bridgehead atoms. The Morgan fingerprint density at radius 2 is 1.50 bits per heavy atom. The van der Waals surface area contributed by atoms with Crippen LogP contribution in [0.4, 0.5) is 0 Å². The Labute approximate surface area is 140 Å². The average Bonchev–Trinajstić information content (AvgIpc) is 2.36. The zero-order valence-electron chi connectivity index (χ0n) is 13.1. The lowest BCUT2D eigenvalue weighted by Gasteiger charge is -2.18. The first-order valence-corrected chi connectivity index (χ1v) is 9.34. The van der Waals surface area contributed by atoms with Crippen LogP contribution in [0, 0.1) is 20.8 Å². The van der Waals surface area contributed by atoms with Gasteiger partial charge in [-0.15, -0.1) is 0 Å². The van der Waals surface area contributed by atoms with Gasteiger partial charge in [-0.05, 0) is 56.5 Å². The maximum atomic E-state index is 12.7. The van der Waals surface area contributed by atoms with E-state index in [4.69, 9.17) is 0 Å². The molecule has 2 aromatic rings. The summed E-state index contributed by atoms with van der Waals surface area (Å²) in [5.41, 5.74) is 3.53. The first kappa shape index (κ1) is 17.2. The summed E-state index contributed by atoms with van der Waals surface area (Å²) in [4.78, 5) is 0.377. The van der Waals surface area contributed by atoms with Gasteiger partial charge in [0.25, 0.3) is 0 Å². The molecule has 2 rings (SSSR count). The van der Waals surface area contributed by atoms with Crippen LogP contribution in [0.15, 0.2) is 45.8 Å². The van der Waals surface area contributed by atoms with E-state index >= 15 is 0 Å². The Kier molecular flexibility index (Phi) is 5.10. The van der Waals surface area contributed by atoms with E-state index in [1.54, 1.807) is 0 Å². The number of hydrogen-bond acceptors (Lipinski definition) is 2. The second-order valence-electron chi connectivity index (χ2n) is 5.62. The molecule has 5 heteroatoms. The standard InChI is InChI=1S/C17H20BrNO2S/c1-11-9-12(2)17(13(3)10-11)22(20,21)19-14(4)15-5-7-16(18)8-6-15/h5-10,14,19H,1-4H3. The van der Waals surface area contributed by atoms with Crippen LogP contribution in [0.5, 0.6) is 0 Å². The van der Waals surface area contributed by atoms with Gasteiger partial charge in [0.15, 0.2) is 0 Å². The van der Waals surface area contributed by atoms with Crippen molar-refractivity contribution in [1.82, 2.24) is 4.72 Å². The summed E-state index contributed by atoms with van der Waals surface area (Å²) >= 11 is 3.38. The largest absolute Gasteiger partial charge is 0.241 e. The topological polar surface area (TPSA) is 46.2 Å². The highest BCUT2D eigenvalue weighted by Gasteiger charge is 2.22. The van der Waals surface area contributed by atoms with Gasteiger partial charge in [0.1, 0.15) is 0 Å². The van der Waals surface area contributed by atoms with Crippen molar-refractivity contribution in [3.05, 3.63) is 63.1 Å². The van der Waals surface area contributed by atoms with Gasteiger partial charge in [-0.2, -0.15) is 0 Å². The van der Waals surface area contributed by atoms with Crippen LogP contribution < -0.4 is 4.72 Å². The Morgan fingerprint density at radius 1 is 1.00 bits per heavy atom. The van der Waals surface area contributed by atoms with E-state index in [2.05, 4.69) is 20.7 Å². The molecule has 0 aliphatic carbocycles. The third kappa shape index (κ3) is 3.77. The lowest BCUT2D eigenvalue weighted by atomic mass is 10.1. The minimum Gasteiger partial charge on any atom is -0.207 e. The summed E-state index contributed by atoms with van der Waals surface area (Å²) in [5, 5.41) is 0. The minimum absolute atomic E-state index is 0.293. The van der Waals surface area contributed by atoms with Gasteiger partial charge in [-0.3, -0.25) is 0 Å². The molecule has 0 saturated carbocycles. The summed E-state index contributed by atoms with van der Waals surface area (Å²) in [6.45, 7) is 7.48. The lowest BCUT2D eigenvalue weighted by molar-refractivity contribution is 0.565. The van der Waals surface area contributed by atoms with E-state index in [-0.39, 0.29) is 6.04 Å². The SMILES string of the molecule is Cc1cc(C)c(S(=O)(=O)NC(C)c2ccc(Br)cc2)c(C)c1. The van der Waals surface area contributed by atoms with Crippen LogP contribution in [0.1, 0.15) is 35.2 Å². The minimum atomic E-state index is -3.56. The fourth-order valence-electron chi connectivity index (χ4n) is 2.70. The van der Waals surface area contributed by atoms with Gasteiger partial charge in [0, 0.05) is 10.5 Å². The third-order valence-corrected chi connectivity index (χ3v) is 5.95. The molecule has 1 unspecified atom stereocenters. The van der Waals surface area contributed by atoms with Crippen LogP contribution in [0.25, 0.3) is 0 Å². The highest BCUT2D eigenvalue weighted by molar-refractivity contribution is 9.10. The van der Waals surface area contributed by atoms with Crippen molar-refractivity contribution in [3.63, 3.8) is 0 Å². The first-order chi connectivity index (χ1) is 10.2. The number of nitrogens with one attached hydrogen (secondary N) is 1. The monoisotopic (exact) mass is 381 g/mol. The van der Waals surface area contributed by atoms with Crippen molar-refractivity contribution in [2.45, 2.75) is 38.6 Å². The van der Waals surface area contributed by atoms with Crippen LogP contribution in [-0.2, 0) is 10.0 Å². The van der Waals surface area contributed by atoms with Gasteiger partial charge in [-0.1, -0.05) is 45.8 Å². The molecule has 0 aliphatic heterocycles. The predicted molar refractivity (Wildman–Crippen MR) is 93.5 cm³/mol. The number of aryl methyl sites for hydroxylation is 3. The molecular formula is C17H20BrNO2S. The molecule has 3 nitrogen and oxygen atoms in total. The summed E-state index contributed by atoms with van der Waals surface area (Å²) in [6, 6.07) is 11.1. The fraction of sp³-hybridized carbons (Fsp3) is 0.294. The zero-order chi connectivity index (χ0) is 16.5. The average molecular weight is 382 g/mol. The molecule has 0 aromatic heterocycles. The molecule has 1 atom stereocenters. The number of rotatable bonds is 4. The van der Waals surface area contributed by atoms with E-state index in [0.717, 1.165) is 26.7 Å². The predicted octanol–water partition coefficient (Wildman–Crippen LogP) is 4.41. The maximum Gasteiger partial charge on any atom is 0.241 e. The molecule has 118 valence electrons. The van der Waals surface area contributed by atoms with Gasteiger partial charge < -0.3 is 0 Å². The number of sulfonamides is 1. The van der Waals surface area contributed by atoms with E-state index < -0.39 is 10.0 Å². The summed E-state index contributed by atoms with van der Waals surface area (Å²) in [6.07, 6.45) is 0. The Balaban J connectivity index is 2.34. The van der Waals surface area contributed by atoms with Gasteiger partial charge in [0.05, 0.1) is 4.90 Å². The van der Waals surface area contributed by atoms with Gasteiger partial charge in [0.2, 0.25) is 10.0 Å². The van der Waals surface area contributed by atoms with Gasteiger partial charge in [-0.25, -0.2) is 13.1 Å². The number of hydrogen-bond donors (Lipinski definition) is 1. The van der Waals surface area contributed by atoms with E-state index in [1.807, 2.05) is 64.1 Å². The van der Waals surface area contributed by atoms with Crippen molar-refractivity contribution in [1.29, 1.82) is 0 Å². The Hall–Kier alpha value is -1.17. The second kappa shape index (κ2) is 6.52. The molecule has 0 heterocycles. The van der Waals surface area contributed by atoms with E-state index in [1.165, 1.54) is 0 Å². The van der Waals surface area contributed by atoms with Crippen molar-refractivity contribution < 1.29 is 8.42 Å². The second-order valence-corrected chi connectivity index (χ2v) is 8.19. The third-order valence-electron chi connectivity index (χ3n) is 3.58. The lowest BCUT2D eigenvalue weighted by Crippen LogP contribution is -2.28. The smallest absolute Gasteiger partial charge is 0.207 e. The molecule has 22 heavy (non-hydrogen) atoms. The quantitative estimate of drug-likeness (QED) is 0.851. The molecular weight excluding hydrogens is 362 g/mol. The molecule has 2 aromatic carbocycles. The van der Waals surface area contributed by atoms with Crippen LogP contribution in [0.3, 0.4) is 0 Å². The van der Waals surface area contributed by atoms with Crippen LogP contribution in [0.2, 0.25) is 0 Å². The van der Waals surface area contributed by atoms with Crippen molar-refractivity contribution in [2.75, 3.05) is 0 Å². The Morgan fingerprint density at radius 3 is 2.00 bits per heavy atom. The van der Waals surface area contributed by atoms with E-state index in [9.17, 15) is 8.42 Å². The first-order valence-electron chi connectivity index (χ1n) is 7.06. The molecule has 0 fully saturated rings. The molecule has 0 aliphatic rings. The number of benzene rings is 2.